The zero-order valence-electron chi connectivity index (χ0n) is 13.0. The Bertz CT molecular complexity index is 481. The number of H-pyrrole nitrogens is 1. The van der Waals surface area contributed by atoms with Crippen LogP contribution in [0.25, 0.3) is 0 Å². The van der Waals surface area contributed by atoms with E-state index in [2.05, 4.69) is 15.5 Å². The molecule has 1 aromatic rings. The third-order valence-electron chi connectivity index (χ3n) is 3.03. The van der Waals surface area contributed by atoms with E-state index in [1.165, 1.54) is 0 Å². The largest absolute Gasteiger partial charge is 0.465 e. The Morgan fingerprint density at radius 3 is 2.35 bits per heavy atom. The average molecular weight is 281 g/mol. The second kappa shape index (κ2) is 6.07. The van der Waals surface area contributed by atoms with Gasteiger partial charge in [0, 0.05) is 0 Å². The third kappa shape index (κ3) is 3.59. The van der Waals surface area contributed by atoms with E-state index in [9.17, 15) is 9.59 Å². The van der Waals surface area contributed by atoms with E-state index in [1.807, 2.05) is 27.7 Å². The molecule has 1 aromatic heterocycles. The van der Waals surface area contributed by atoms with Crippen LogP contribution in [-0.2, 0) is 14.3 Å². The lowest BCUT2D eigenvalue weighted by molar-refractivity contribution is -0.155. The Morgan fingerprint density at radius 2 is 1.95 bits per heavy atom. The first kappa shape index (κ1) is 16.2. The molecule has 0 fully saturated rings. The molecular formula is C14H23N3O3. The van der Waals surface area contributed by atoms with E-state index >= 15 is 0 Å². The topological polar surface area (TPSA) is 84.1 Å². The summed E-state index contributed by atoms with van der Waals surface area (Å²) in [6.45, 7) is 11.1. The van der Waals surface area contributed by atoms with Crippen LogP contribution >= 0.6 is 0 Å². The third-order valence-corrected chi connectivity index (χ3v) is 3.03. The first-order valence-corrected chi connectivity index (χ1v) is 6.67. The number of carbonyl (C=O) groups excluding carboxylic acids is 2. The molecule has 0 saturated heterocycles. The molecule has 2 N–H and O–H groups in total. The number of hydrogen-bond donors (Lipinski definition) is 2. The Hall–Kier alpha value is -1.85. The first-order valence-electron chi connectivity index (χ1n) is 6.67. The van der Waals surface area contributed by atoms with Gasteiger partial charge in [-0.3, -0.25) is 14.7 Å². The van der Waals surface area contributed by atoms with Crippen molar-refractivity contribution in [3.05, 3.63) is 11.4 Å². The van der Waals surface area contributed by atoms with Gasteiger partial charge >= 0.3 is 5.97 Å². The minimum absolute atomic E-state index is 0.252. The number of ether oxygens (including phenoxy) is 1. The monoisotopic (exact) mass is 281 g/mol. The van der Waals surface area contributed by atoms with Crippen LogP contribution in [0.4, 0.5) is 5.69 Å². The zero-order valence-corrected chi connectivity index (χ0v) is 13.0. The number of amides is 1. The van der Waals surface area contributed by atoms with Gasteiger partial charge in [0.1, 0.15) is 5.92 Å². The van der Waals surface area contributed by atoms with E-state index in [1.54, 1.807) is 13.8 Å². The van der Waals surface area contributed by atoms with Crippen LogP contribution in [0, 0.1) is 25.2 Å². The predicted molar refractivity (Wildman–Crippen MR) is 76.3 cm³/mol. The van der Waals surface area contributed by atoms with Crippen molar-refractivity contribution in [1.82, 2.24) is 10.2 Å². The molecule has 1 unspecified atom stereocenters. The lowest BCUT2D eigenvalue weighted by Crippen LogP contribution is -2.40. The molecule has 112 valence electrons. The molecular weight excluding hydrogens is 258 g/mol. The quantitative estimate of drug-likeness (QED) is 0.654. The molecule has 0 aromatic carbocycles. The smallest absolute Gasteiger partial charge is 0.319 e. The van der Waals surface area contributed by atoms with Gasteiger partial charge in [0.05, 0.1) is 23.7 Å². The summed E-state index contributed by atoms with van der Waals surface area (Å²) in [7, 11) is 0. The van der Waals surface area contributed by atoms with Crippen molar-refractivity contribution in [3.63, 3.8) is 0 Å². The first-order chi connectivity index (χ1) is 9.18. The summed E-state index contributed by atoms with van der Waals surface area (Å²) in [6, 6.07) is 0. The lowest BCUT2D eigenvalue weighted by Gasteiger charge is -2.27. The number of carbonyl (C=O) groups is 2. The highest BCUT2D eigenvalue weighted by Crippen LogP contribution is 2.29. The molecule has 0 saturated carbocycles. The Labute approximate surface area is 119 Å². The number of aryl methyl sites for hydroxylation is 2. The molecule has 1 amide bonds. The van der Waals surface area contributed by atoms with Gasteiger partial charge in [-0.05, 0) is 26.2 Å². The summed E-state index contributed by atoms with van der Waals surface area (Å²) in [4.78, 5) is 24.4. The van der Waals surface area contributed by atoms with Crippen LogP contribution in [-0.4, -0.2) is 28.7 Å². The Morgan fingerprint density at radius 1 is 1.35 bits per heavy atom. The van der Waals surface area contributed by atoms with Gasteiger partial charge in [-0.15, -0.1) is 0 Å². The molecule has 0 bridgehead atoms. The number of hydrogen-bond acceptors (Lipinski definition) is 4. The molecule has 1 atom stereocenters. The van der Waals surface area contributed by atoms with E-state index in [-0.39, 0.29) is 12.5 Å². The van der Waals surface area contributed by atoms with E-state index in [4.69, 9.17) is 4.74 Å². The van der Waals surface area contributed by atoms with E-state index < -0.39 is 17.3 Å². The van der Waals surface area contributed by atoms with Gasteiger partial charge in [-0.1, -0.05) is 20.8 Å². The number of nitrogens with one attached hydrogen (secondary N) is 2. The number of rotatable bonds is 4. The molecule has 0 aliphatic carbocycles. The minimum atomic E-state index is -0.865. The van der Waals surface area contributed by atoms with Crippen molar-refractivity contribution in [2.45, 2.75) is 41.5 Å². The SMILES string of the molecule is CCOC(=O)C(C(=O)Nc1c(C)n[nH]c1C)C(C)(C)C. The molecule has 0 spiro atoms. The van der Waals surface area contributed by atoms with Gasteiger partial charge in [0.15, 0.2) is 0 Å². The maximum atomic E-state index is 12.4. The minimum Gasteiger partial charge on any atom is -0.465 e. The summed E-state index contributed by atoms with van der Waals surface area (Å²) in [5.74, 6) is -1.74. The van der Waals surface area contributed by atoms with Gasteiger partial charge in [0.25, 0.3) is 0 Å². The number of nitrogens with zero attached hydrogens (tertiary/aromatic N) is 1. The van der Waals surface area contributed by atoms with Crippen LogP contribution in [0.15, 0.2) is 0 Å². The Balaban J connectivity index is 2.98. The molecule has 1 rings (SSSR count). The number of aromatic amines is 1. The number of esters is 1. The van der Waals surface area contributed by atoms with E-state index in [0.29, 0.717) is 11.4 Å². The summed E-state index contributed by atoms with van der Waals surface area (Å²) >= 11 is 0. The van der Waals surface area contributed by atoms with Crippen LogP contribution in [0.1, 0.15) is 39.1 Å². The Kier molecular flexibility index (Phi) is 4.92. The van der Waals surface area contributed by atoms with Gasteiger partial charge in [0.2, 0.25) is 5.91 Å². The van der Waals surface area contributed by atoms with Crippen molar-refractivity contribution in [1.29, 1.82) is 0 Å². The van der Waals surface area contributed by atoms with Crippen LogP contribution < -0.4 is 5.32 Å². The number of anilines is 1. The molecule has 1 heterocycles. The van der Waals surface area contributed by atoms with Crippen LogP contribution in [0.5, 0.6) is 0 Å². The normalized spacial score (nSPS) is 12.9. The highest BCUT2D eigenvalue weighted by molar-refractivity contribution is 6.05. The standard InChI is InChI=1S/C14H23N3O3/c1-7-20-13(19)10(14(4,5)6)12(18)15-11-8(2)16-17-9(11)3/h10H,7H2,1-6H3,(H,15,18)(H,16,17). The van der Waals surface area contributed by atoms with Crippen molar-refractivity contribution >= 4 is 17.6 Å². The zero-order chi connectivity index (χ0) is 15.5. The fourth-order valence-corrected chi connectivity index (χ4v) is 2.01. The van der Waals surface area contributed by atoms with Gasteiger partial charge < -0.3 is 10.1 Å². The molecule has 0 aliphatic rings. The molecule has 0 radical (unpaired) electrons. The maximum absolute atomic E-state index is 12.4. The van der Waals surface area contributed by atoms with Gasteiger partial charge in [-0.25, -0.2) is 0 Å². The summed E-state index contributed by atoms with van der Waals surface area (Å²) in [5, 5.41) is 9.58. The van der Waals surface area contributed by atoms with Gasteiger partial charge in [-0.2, -0.15) is 5.10 Å². The average Bonchev–Trinajstić information content (AvgIpc) is 2.59. The maximum Gasteiger partial charge on any atom is 0.319 e. The van der Waals surface area contributed by atoms with E-state index in [0.717, 1.165) is 5.69 Å². The van der Waals surface area contributed by atoms with Crippen LogP contribution in [0.2, 0.25) is 0 Å². The second-order valence-corrected chi connectivity index (χ2v) is 5.85. The lowest BCUT2D eigenvalue weighted by atomic mass is 9.80. The van der Waals surface area contributed by atoms with Crippen molar-refractivity contribution in [2.24, 2.45) is 11.3 Å². The van der Waals surface area contributed by atoms with Crippen molar-refractivity contribution < 1.29 is 14.3 Å². The second-order valence-electron chi connectivity index (χ2n) is 5.85. The highest BCUT2D eigenvalue weighted by atomic mass is 16.5. The molecule has 6 heteroatoms. The molecule has 0 aliphatic heterocycles. The summed E-state index contributed by atoms with van der Waals surface area (Å²) in [5.41, 5.74) is 1.54. The fourth-order valence-electron chi connectivity index (χ4n) is 2.01. The van der Waals surface area contributed by atoms with Crippen LogP contribution in [0.3, 0.4) is 0 Å². The molecule has 20 heavy (non-hydrogen) atoms. The summed E-state index contributed by atoms with van der Waals surface area (Å²) < 4.78 is 5.01. The fraction of sp³-hybridized carbons (Fsp3) is 0.643. The summed E-state index contributed by atoms with van der Waals surface area (Å²) in [6.07, 6.45) is 0. The highest BCUT2D eigenvalue weighted by Gasteiger charge is 2.39. The predicted octanol–water partition coefficient (Wildman–Crippen LogP) is 2.19. The molecule has 6 nitrogen and oxygen atoms in total. The van der Waals surface area contributed by atoms with Crippen molar-refractivity contribution in [2.75, 3.05) is 11.9 Å². The number of aromatic nitrogens is 2. The van der Waals surface area contributed by atoms with Crippen molar-refractivity contribution in [3.8, 4) is 0 Å².